The molecule has 0 bridgehead atoms. The quantitative estimate of drug-likeness (QED) is 0.133. The van der Waals surface area contributed by atoms with Crippen molar-refractivity contribution in [1.29, 1.82) is 0 Å². The summed E-state index contributed by atoms with van der Waals surface area (Å²) in [6.07, 6.45) is -1.97. The van der Waals surface area contributed by atoms with Crippen molar-refractivity contribution in [3.63, 3.8) is 0 Å². The molecule has 0 saturated heterocycles. The number of ether oxygens (including phenoxy) is 1. The lowest BCUT2D eigenvalue weighted by molar-refractivity contribution is -0.146. The van der Waals surface area contributed by atoms with Crippen molar-refractivity contribution in [3.05, 3.63) is 11.8 Å². The average Bonchev–Trinajstić information content (AvgIpc) is 2.54. The van der Waals surface area contributed by atoms with E-state index in [1.54, 1.807) is 0 Å². The molecule has 0 aromatic heterocycles. The number of carboxylic acid groups (broad SMARTS) is 1. The van der Waals surface area contributed by atoms with Crippen LogP contribution in [0.2, 0.25) is 0 Å². The number of amides is 1. The summed E-state index contributed by atoms with van der Waals surface area (Å²) < 4.78 is 5.21. The van der Waals surface area contributed by atoms with E-state index in [2.05, 4.69) is 15.7 Å². The van der Waals surface area contributed by atoms with Crippen molar-refractivity contribution in [2.45, 2.75) is 37.3 Å². The lowest BCUT2D eigenvalue weighted by atomic mass is 9.92. The number of nitrogens with one attached hydrogen (secondary N) is 2. The number of nitrogens with two attached hydrogens (primary N) is 1. The van der Waals surface area contributed by atoms with Crippen molar-refractivity contribution >= 4 is 18.1 Å². The van der Waals surface area contributed by atoms with E-state index in [4.69, 9.17) is 20.8 Å². The Morgan fingerprint density at radius 1 is 1.50 bits per heavy atom. The Bertz CT molecular complexity index is 511. The third kappa shape index (κ3) is 5.16. The number of aliphatic hydroxyl groups is 3. The molecule has 8 N–H and O–H groups in total. The van der Waals surface area contributed by atoms with E-state index < -0.39 is 54.6 Å². The SMILES string of the molecule is CC(=O)N[C@H]1[C@H]([C@H](O)[C@H](O)CO)OC(C(=O)O)=C[C@@H]1NCC=NN. The van der Waals surface area contributed by atoms with Gasteiger partial charge in [0.15, 0.2) is 0 Å². The maximum Gasteiger partial charge on any atom is 0.370 e. The first-order valence-electron chi connectivity index (χ1n) is 7.12. The molecule has 136 valence electrons. The Hall–Kier alpha value is -2.21. The second-order valence-corrected chi connectivity index (χ2v) is 5.15. The van der Waals surface area contributed by atoms with E-state index in [0.29, 0.717) is 0 Å². The summed E-state index contributed by atoms with van der Waals surface area (Å²) >= 11 is 0. The number of aliphatic hydroxyl groups excluding tert-OH is 3. The van der Waals surface area contributed by atoms with E-state index in [1.807, 2.05) is 0 Å². The highest BCUT2D eigenvalue weighted by atomic mass is 16.5. The van der Waals surface area contributed by atoms with Crippen LogP contribution in [-0.4, -0.2) is 82.1 Å². The lowest BCUT2D eigenvalue weighted by Crippen LogP contribution is -2.63. The molecule has 0 aromatic rings. The molecule has 0 aliphatic carbocycles. The zero-order chi connectivity index (χ0) is 18.3. The van der Waals surface area contributed by atoms with Gasteiger partial charge in [0.25, 0.3) is 0 Å². The molecule has 1 heterocycles. The van der Waals surface area contributed by atoms with Crippen LogP contribution in [0.15, 0.2) is 16.9 Å². The number of carbonyl (C=O) groups excluding carboxylic acids is 1. The maximum atomic E-state index is 11.4. The van der Waals surface area contributed by atoms with Crippen LogP contribution in [0, 0.1) is 0 Å². The number of hydrogen-bond acceptors (Lipinski definition) is 9. The van der Waals surface area contributed by atoms with Crippen LogP contribution >= 0.6 is 0 Å². The number of rotatable bonds is 8. The van der Waals surface area contributed by atoms with Gasteiger partial charge < -0.3 is 41.6 Å². The van der Waals surface area contributed by atoms with Gasteiger partial charge in [0.1, 0.15) is 18.3 Å². The highest BCUT2D eigenvalue weighted by Crippen LogP contribution is 2.23. The summed E-state index contributed by atoms with van der Waals surface area (Å²) in [4.78, 5) is 22.7. The fourth-order valence-corrected chi connectivity index (χ4v) is 2.30. The van der Waals surface area contributed by atoms with Crippen LogP contribution in [0.4, 0.5) is 0 Å². The van der Waals surface area contributed by atoms with Gasteiger partial charge in [-0.05, 0) is 6.08 Å². The van der Waals surface area contributed by atoms with Gasteiger partial charge in [-0.15, -0.1) is 0 Å². The summed E-state index contributed by atoms with van der Waals surface area (Å²) in [7, 11) is 0. The third-order valence-electron chi connectivity index (χ3n) is 3.38. The molecular weight excluding hydrogens is 324 g/mol. The molecule has 0 saturated carbocycles. The predicted octanol–water partition coefficient (Wildman–Crippen LogP) is -3.52. The van der Waals surface area contributed by atoms with Gasteiger partial charge in [0.2, 0.25) is 11.7 Å². The van der Waals surface area contributed by atoms with E-state index in [9.17, 15) is 19.8 Å². The Labute approximate surface area is 137 Å². The normalized spacial score (nSPS) is 26.3. The first kappa shape index (κ1) is 19.8. The Balaban J connectivity index is 3.15. The van der Waals surface area contributed by atoms with Crippen molar-refractivity contribution in [3.8, 4) is 0 Å². The molecule has 1 aliphatic heterocycles. The molecule has 1 aliphatic rings. The molecular formula is C13H22N4O7. The van der Waals surface area contributed by atoms with Crippen LogP contribution in [0.3, 0.4) is 0 Å². The van der Waals surface area contributed by atoms with Crippen molar-refractivity contribution in [1.82, 2.24) is 10.6 Å². The minimum absolute atomic E-state index is 0.159. The van der Waals surface area contributed by atoms with Gasteiger partial charge >= 0.3 is 5.97 Å². The van der Waals surface area contributed by atoms with E-state index in [-0.39, 0.29) is 6.54 Å². The van der Waals surface area contributed by atoms with Gasteiger partial charge in [-0.2, -0.15) is 5.10 Å². The molecule has 0 spiro atoms. The van der Waals surface area contributed by atoms with Gasteiger partial charge in [0, 0.05) is 19.7 Å². The number of carbonyl (C=O) groups is 2. The average molecular weight is 346 g/mol. The molecule has 0 aromatic carbocycles. The number of nitrogens with zero attached hydrogens (tertiary/aromatic N) is 1. The van der Waals surface area contributed by atoms with Crippen molar-refractivity contribution in [2.24, 2.45) is 10.9 Å². The smallest absolute Gasteiger partial charge is 0.370 e. The standard InChI is InChI=1S/C13H22N4O7/c1-6(19)17-10-7(15-2-3-16-14)4-9(13(22)23)24-12(10)11(21)8(20)5-18/h3-4,7-8,10-12,15,18,20-21H,2,5,14H2,1H3,(H,17,19)(H,22,23)/t7-,8+,10+,11+,12+/m0/s1. The molecule has 11 nitrogen and oxygen atoms in total. The predicted molar refractivity (Wildman–Crippen MR) is 81.8 cm³/mol. The van der Waals surface area contributed by atoms with Gasteiger partial charge in [0.05, 0.1) is 18.7 Å². The highest BCUT2D eigenvalue weighted by molar-refractivity contribution is 5.84. The minimum atomic E-state index is -1.64. The number of hydrazone groups is 1. The molecule has 0 unspecified atom stereocenters. The van der Waals surface area contributed by atoms with E-state index in [1.165, 1.54) is 19.2 Å². The van der Waals surface area contributed by atoms with Gasteiger partial charge in [-0.3, -0.25) is 4.79 Å². The second-order valence-electron chi connectivity index (χ2n) is 5.15. The third-order valence-corrected chi connectivity index (χ3v) is 3.38. The Morgan fingerprint density at radius 3 is 2.67 bits per heavy atom. The molecule has 24 heavy (non-hydrogen) atoms. The number of aliphatic carboxylic acids is 1. The zero-order valence-corrected chi connectivity index (χ0v) is 13.0. The molecule has 1 rings (SSSR count). The van der Waals surface area contributed by atoms with Crippen molar-refractivity contribution < 1.29 is 34.8 Å². The fourth-order valence-electron chi connectivity index (χ4n) is 2.30. The first-order chi connectivity index (χ1) is 11.3. The second kappa shape index (κ2) is 9.17. The Morgan fingerprint density at radius 2 is 2.17 bits per heavy atom. The molecule has 1 amide bonds. The summed E-state index contributed by atoms with van der Waals surface area (Å²) in [5, 5.41) is 46.6. The van der Waals surface area contributed by atoms with E-state index in [0.717, 1.165) is 0 Å². The summed E-state index contributed by atoms with van der Waals surface area (Å²) in [5.41, 5.74) is 0. The summed E-state index contributed by atoms with van der Waals surface area (Å²) in [6.45, 7) is 0.630. The molecule has 0 fully saturated rings. The molecule has 11 heteroatoms. The monoisotopic (exact) mass is 346 g/mol. The van der Waals surface area contributed by atoms with Crippen LogP contribution in [-0.2, 0) is 14.3 Å². The zero-order valence-electron chi connectivity index (χ0n) is 13.0. The lowest BCUT2D eigenvalue weighted by Gasteiger charge is -2.40. The first-order valence-corrected chi connectivity index (χ1v) is 7.12. The maximum absolute atomic E-state index is 11.4. The summed E-state index contributed by atoms with van der Waals surface area (Å²) in [5.74, 6) is 2.69. The molecule has 0 radical (unpaired) electrons. The van der Waals surface area contributed by atoms with Gasteiger partial charge in [-0.1, -0.05) is 0 Å². The number of carboxylic acids is 1. The highest BCUT2D eigenvalue weighted by Gasteiger charge is 2.43. The topological polar surface area (TPSA) is 187 Å². The Kier molecular flexibility index (Phi) is 7.58. The largest absolute Gasteiger partial charge is 0.478 e. The van der Waals surface area contributed by atoms with E-state index >= 15 is 0 Å². The summed E-state index contributed by atoms with van der Waals surface area (Å²) in [6, 6.07) is -1.66. The van der Waals surface area contributed by atoms with Gasteiger partial charge in [-0.25, -0.2) is 4.79 Å². The number of hydrogen-bond donors (Lipinski definition) is 7. The fraction of sp³-hybridized carbons (Fsp3) is 0.615. The van der Waals surface area contributed by atoms with Crippen LogP contribution in [0.5, 0.6) is 0 Å². The van der Waals surface area contributed by atoms with Crippen molar-refractivity contribution in [2.75, 3.05) is 13.2 Å². The van der Waals surface area contributed by atoms with Crippen LogP contribution in [0.1, 0.15) is 6.92 Å². The minimum Gasteiger partial charge on any atom is -0.478 e. The van der Waals surface area contributed by atoms with Crippen LogP contribution < -0.4 is 16.5 Å². The van der Waals surface area contributed by atoms with Crippen LogP contribution in [0.25, 0.3) is 0 Å². The molecule has 5 atom stereocenters.